The van der Waals surface area contributed by atoms with E-state index in [0.29, 0.717) is 5.95 Å². The molecule has 0 saturated heterocycles. The van der Waals surface area contributed by atoms with Crippen LogP contribution in [0.2, 0.25) is 0 Å². The lowest BCUT2D eigenvalue weighted by Gasteiger charge is -2.17. The van der Waals surface area contributed by atoms with E-state index in [1.54, 1.807) is 0 Å². The van der Waals surface area contributed by atoms with Gasteiger partial charge in [0.15, 0.2) is 0 Å². The summed E-state index contributed by atoms with van der Waals surface area (Å²) in [5, 5.41) is 0. The molecule has 0 aliphatic rings. The van der Waals surface area contributed by atoms with E-state index in [1.165, 1.54) is 154 Å². The molecule has 1 rings (SSSR count). The van der Waals surface area contributed by atoms with Crippen LogP contribution in [0.3, 0.4) is 0 Å². The summed E-state index contributed by atoms with van der Waals surface area (Å²) in [6, 6.07) is 0. The average molecular weight is 532 g/mol. The van der Waals surface area contributed by atoms with Gasteiger partial charge in [0.05, 0.1) is 0 Å². The third kappa shape index (κ3) is 20.6. The second-order valence-electron chi connectivity index (χ2n) is 11.7. The fraction of sp³-hybridized carbons (Fsp3) is 0.909. The molecule has 0 fully saturated rings. The third-order valence-corrected chi connectivity index (χ3v) is 7.88. The molecule has 38 heavy (non-hydrogen) atoms. The van der Waals surface area contributed by atoms with Crippen LogP contribution in [0.4, 0.5) is 11.9 Å². The second kappa shape index (κ2) is 25.9. The van der Waals surface area contributed by atoms with Crippen LogP contribution in [0.1, 0.15) is 180 Å². The molecule has 0 aliphatic heterocycles. The maximum atomic E-state index is 6.01. The van der Waals surface area contributed by atoms with Crippen LogP contribution >= 0.6 is 0 Å². The molecule has 0 bridgehead atoms. The van der Waals surface area contributed by atoms with Crippen molar-refractivity contribution in [2.75, 3.05) is 24.2 Å². The lowest BCUT2D eigenvalue weighted by Crippen LogP contribution is -2.22. The first kappa shape index (κ1) is 34.6. The van der Waals surface area contributed by atoms with Gasteiger partial charge in [-0.15, -0.1) is 0 Å². The van der Waals surface area contributed by atoms with Crippen molar-refractivity contribution in [3.63, 3.8) is 0 Å². The van der Waals surface area contributed by atoms with Crippen LogP contribution in [0.25, 0.3) is 0 Å². The molecular formula is C33H65N5. The van der Waals surface area contributed by atoms with Gasteiger partial charge in [-0.2, -0.15) is 15.0 Å². The van der Waals surface area contributed by atoms with Crippen molar-refractivity contribution in [1.82, 2.24) is 15.0 Å². The van der Waals surface area contributed by atoms with Crippen molar-refractivity contribution in [2.24, 2.45) is 0 Å². The lowest BCUT2D eigenvalue weighted by molar-refractivity contribution is 0.529. The lowest BCUT2D eigenvalue weighted by atomic mass is 10.0. The maximum Gasteiger partial charge on any atom is 0.230 e. The van der Waals surface area contributed by atoms with Gasteiger partial charge in [-0.25, -0.2) is 0 Å². The number of aromatic nitrogens is 3. The number of hydrogen-bond acceptors (Lipinski definition) is 5. The molecule has 0 spiro atoms. The quantitative estimate of drug-likeness (QED) is 0.109. The van der Waals surface area contributed by atoms with Crippen LogP contribution < -0.4 is 10.6 Å². The van der Waals surface area contributed by atoms with E-state index in [1.807, 2.05) is 0 Å². The summed E-state index contributed by atoms with van der Waals surface area (Å²) in [5.74, 6) is 1.96. The van der Waals surface area contributed by atoms with Gasteiger partial charge in [0.1, 0.15) is 5.82 Å². The number of nitrogens with zero attached hydrogens (tertiary/aromatic N) is 4. The van der Waals surface area contributed by atoms with Gasteiger partial charge < -0.3 is 10.6 Å². The summed E-state index contributed by atoms with van der Waals surface area (Å²) in [6.45, 7) is 5.56. The van der Waals surface area contributed by atoms with Crippen LogP contribution in [-0.4, -0.2) is 28.5 Å². The molecule has 0 saturated carbocycles. The van der Waals surface area contributed by atoms with Gasteiger partial charge in [0.25, 0.3) is 0 Å². The van der Waals surface area contributed by atoms with Gasteiger partial charge >= 0.3 is 0 Å². The Morgan fingerprint density at radius 2 is 0.842 bits per heavy atom. The van der Waals surface area contributed by atoms with Crippen molar-refractivity contribution < 1.29 is 0 Å². The standard InChI is InChI=1S/C33H65N5/c1-4-6-8-10-12-14-15-16-17-18-19-20-22-24-26-28-30-38(3)33-36-31(35-32(34)37-33)29-27-25-23-21-13-11-9-7-5-2/h4-30H2,1-3H3,(H2,34,35,36,37). The Morgan fingerprint density at radius 3 is 1.26 bits per heavy atom. The highest BCUT2D eigenvalue weighted by molar-refractivity contribution is 5.33. The molecule has 5 heteroatoms. The summed E-state index contributed by atoms with van der Waals surface area (Å²) in [4.78, 5) is 15.7. The van der Waals surface area contributed by atoms with Gasteiger partial charge in [-0.05, 0) is 12.8 Å². The molecule has 0 amide bonds. The minimum Gasteiger partial charge on any atom is -0.368 e. The molecule has 0 aliphatic carbocycles. The Morgan fingerprint density at radius 1 is 0.474 bits per heavy atom. The van der Waals surface area contributed by atoms with Crippen LogP contribution in [0.15, 0.2) is 0 Å². The minimum atomic E-state index is 0.361. The van der Waals surface area contributed by atoms with E-state index in [9.17, 15) is 0 Å². The maximum absolute atomic E-state index is 6.01. The molecule has 5 nitrogen and oxygen atoms in total. The van der Waals surface area contributed by atoms with Crippen molar-refractivity contribution >= 4 is 11.9 Å². The van der Waals surface area contributed by atoms with Crippen LogP contribution in [-0.2, 0) is 6.42 Å². The van der Waals surface area contributed by atoms with E-state index < -0.39 is 0 Å². The normalized spacial score (nSPS) is 11.3. The summed E-state index contributed by atoms with van der Waals surface area (Å²) >= 11 is 0. The zero-order chi connectivity index (χ0) is 27.5. The molecule has 1 aromatic heterocycles. The van der Waals surface area contributed by atoms with E-state index in [2.05, 4.69) is 35.8 Å². The van der Waals surface area contributed by atoms with Crippen molar-refractivity contribution in [3.05, 3.63) is 5.82 Å². The molecule has 0 radical (unpaired) electrons. The number of nitrogen functional groups attached to an aromatic ring is 1. The van der Waals surface area contributed by atoms with Gasteiger partial charge in [0.2, 0.25) is 11.9 Å². The highest BCUT2D eigenvalue weighted by Gasteiger charge is 2.09. The fourth-order valence-corrected chi connectivity index (χ4v) is 5.30. The number of nitrogens with two attached hydrogens (primary N) is 1. The second-order valence-corrected chi connectivity index (χ2v) is 11.7. The molecule has 0 unspecified atom stereocenters. The monoisotopic (exact) mass is 532 g/mol. The zero-order valence-corrected chi connectivity index (χ0v) is 26.0. The minimum absolute atomic E-state index is 0.361. The molecule has 1 heterocycles. The molecule has 0 atom stereocenters. The van der Waals surface area contributed by atoms with Gasteiger partial charge in [0, 0.05) is 20.0 Å². The Kier molecular flexibility index (Phi) is 23.6. The molecule has 2 N–H and O–H groups in total. The number of aryl methyl sites for hydroxylation is 1. The predicted molar refractivity (Wildman–Crippen MR) is 168 cm³/mol. The summed E-state index contributed by atoms with van der Waals surface area (Å²) in [5.41, 5.74) is 6.01. The van der Waals surface area contributed by atoms with Crippen molar-refractivity contribution in [2.45, 2.75) is 181 Å². The summed E-state index contributed by atoms with van der Waals surface area (Å²) < 4.78 is 0. The number of unbranched alkanes of at least 4 members (excludes halogenated alkanes) is 23. The van der Waals surface area contributed by atoms with Gasteiger partial charge in [-0.3, -0.25) is 0 Å². The highest BCUT2D eigenvalue weighted by Crippen LogP contribution is 2.16. The SMILES string of the molecule is CCCCCCCCCCCCCCCCCCN(C)c1nc(N)nc(CCCCCCCCCCC)n1. The average Bonchev–Trinajstić information content (AvgIpc) is 2.91. The first-order valence-corrected chi connectivity index (χ1v) is 16.9. The Labute approximate surface area is 237 Å². The van der Waals surface area contributed by atoms with E-state index in [0.717, 1.165) is 31.2 Å². The van der Waals surface area contributed by atoms with Crippen molar-refractivity contribution in [3.8, 4) is 0 Å². The Bertz CT molecular complexity index is 636. The Hall–Kier alpha value is -1.39. The third-order valence-electron chi connectivity index (χ3n) is 7.88. The van der Waals surface area contributed by atoms with Crippen LogP contribution in [0.5, 0.6) is 0 Å². The topological polar surface area (TPSA) is 67.9 Å². The first-order valence-electron chi connectivity index (χ1n) is 16.9. The van der Waals surface area contributed by atoms with Crippen molar-refractivity contribution in [1.29, 1.82) is 0 Å². The number of rotatable bonds is 28. The smallest absolute Gasteiger partial charge is 0.230 e. The molecule has 1 aromatic rings. The molecular weight excluding hydrogens is 466 g/mol. The Balaban J connectivity index is 2.02. The highest BCUT2D eigenvalue weighted by atomic mass is 15.3. The largest absolute Gasteiger partial charge is 0.368 e. The van der Waals surface area contributed by atoms with Gasteiger partial charge in [-0.1, -0.05) is 162 Å². The van der Waals surface area contributed by atoms with E-state index >= 15 is 0 Å². The number of anilines is 2. The zero-order valence-electron chi connectivity index (χ0n) is 26.0. The predicted octanol–water partition coefficient (Wildman–Crippen LogP) is 10.2. The van der Waals surface area contributed by atoms with E-state index in [4.69, 9.17) is 10.7 Å². The summed E-state index contributed by atoms with van der Waals surface area (Å²) in [6.07, 6.45) is 35.2. The van der Waals surface area contributed by atoms with E-state index in [-0.39, 0.29) is 0 Å². The first-order chi connectivity index (χ1) is 18.7. The fourth-order valence-electron chi connectivity index (χ4n) is 5.30. The molecule has 0 aromatic carbocycles. The molecule has 222 valence electrons. The summed E-state index contributed by atoms with van der Waals surface area (Å²) in [7, 11) is 2.09. The van der Waals surface area contributed by atoms with Crippen LogP contribution in [0, 0.1) is 0 Å². The number of hydrogen-bond donors (Lipinski definition) is 1.